The Hall–Kier alpha value is -2.03. The standard InChI is InChI=1S/C59H111N2O7P/c1-7-10-13-16-19-22-25-28-30-31-33-36-39-42-45-48-51-58(62)60-56(55-67-69(64,65)66-54-53-61(4,5)6)57(50-47-44-41-38-35-32-27-24-21-18-15-12-9-3)68-59(63)52-49-46-43-40-37-34-29-26-23-20-17-14-11-8-2/h11,14,20,23,29,34,47,50,56-57H,7-10,12-13,15-19,21-22,24-28,30-33,35-46,48-49,51-55H2,1-6H3,(H-,60,62,64,65)/b14-11+,23-20+,34-29+,50-47+. The molecule has 0 saturated heterocycles. The summed E-state index contributed by atoms with van der Waals surface area (Å²) in [7, 11) is 1.18. The highest BCUT2D eigenvalue weighted by Gasteiger charge is 2.27. The molecule has 3 atom stereocenters. The fourth-order valence-electron chi connectivity index (χ4n) is 8.30. The largest absolute Gasteiger partial charge is 0.756 e. The summed E-state index contributed by atoms with van der Waals surface area (Å²) in [5.41, 5.74) is 0. The van der Waals surface area contributed by atoms with Crippen LogP contribution >= 0.6 is 7.82 Å². The maximum atomic E-state index is 13.5. The van der Waals surface area contributed by atoms with Crippen molar-refractivity contribution < 1.29 is 37.3 Å². The number of phosphoric ester groups is 1. The number of carbonyl (C=O) groups is 2. The Balaban J connectivity index is 5.37. The number of rotatable bonds is 52. The summed E-state index contributed by atoms with van der Waals surface area (Å²) in [6, 6.07) is -0.894. The molecule has 0 aromatic rings. The van der Waals surface area contributed by atoms with Gasteiger partial charge in [-0.15, -0.1) is 0 Å². The minimum Gasteiger partial charge on any atom is -0.756 e. The molecule has 1 N–H and O–H groups in total. The molecule has 10 heteroatoms. The van der Waals surface area contributed by atoms with E-state index in [2.05, 4.69) is 62.5 Å². The van der Waals surface area contributed by atoms with Crippen LogP contribution in [0, 0.1) is 0 Å². The molecule has 0 aliphatic rings. The Morgan fingerprint density at radius 1 is 0.522 bits per heavy atom. The summed E-state index contributed by atoms with van der Waals surface area (Å²) in [4.78, 5) is 39.8. The number of hydrogen-bond donors (Lipinski definition) is 1. The zero-order chi connectivity index (χ0) is 50.8. The van der Waals surface area contributed by atoms with E-state index in [-0.39, 0.29) is 24.9 Å². The van der Waals surface area contributed by atoms with Crippen molar-refractivity contribution in [3.05, 3.63) is 48.6 Å². The van der Waals surface area contributed by atoms with Crippen LogP contribution in [0.2, 0.25) is 0 Å². The SMILES string of the molecule is CC/C=C/C/C=C/C/C=C/CCCCCCC(=O)OC(/C=C/CCCCCCCCCCCCC)C(COP(=O)([O-])OCC[N+](C)(C)C)NC(=O)CCCCCCCCCCCCCCCCCC. The minimum absolute atomic E-state index is 0.0251. The van der Waals surface area contributed by atoms with Crippen molar-refractivity contribution in [2.45, 2.75) is 277 Å². The zero-order valence-corrected chi connectivity index (χ0v) is 46.9. The van der Waals surface area contributed by atoms with Gasteiger partial charge < -0.3 is 28.5 Å². The predicted octanol–water partition coefficient (Wildman–Crippen LogP) is 16.7. The van der Waals surface area contributed by atoms with Crippen LogP contribution in [0.25, 0.3) is 0 Å². The van der Waals surface area contributed by atoms with Gasteiger partial charge in [-0.25, -0.2) is 0 Å². The van der Waals surface area contributed by atoms with E-state index >= 15 is 0 Å². The number of hydrogen-bond acceptors (Lipinski definition) is 7. The molecule has 0 bridgehead atoms. The molecule has 0 rings (SSSR count). The summed E-state index contributed by atoms with van der Waals surface area (Å²) < 4.78 is 30.2. The van der Waals surface area contributed by atoms with Gasteiger partial charge in [0.1, 0.15) is 19.3 Å². The van der Waals surface area contributed by atoms with Gasteiger partial charge in [-0.05, 0) is 63.9 Å². The number of allylic oxidation sites excluding steroid dienone is 7. The van der Waals surface area contributed by atoms with Gasteiger partial charge in [-0.3, -0.25) is 14.2 Å². The van der Waals surface area contributed by atoms with Gasteiger partial charge in [0.25, 0.3) is 7.82 Å². The van der Waals surface area contributed by atoms with Crippen molar-refractivity contribution in [2.24, 2.45) is 0 Å². The topological polar surface area (TPSA) is 114 Å². The molecule has 0 aliphatic heterocycles. The molecule has 3 unspecified atom stereocenters. The Morgan fingerprint density at radius 2 is 0.928 bits per heavy atom. The van der Waals surface area contributed by atoms with Crippen molar-refractivity contribution in [1.82, 2.24) is 5.32 Å². The number of esters is 1. The summed E-state index contributed by atoms with van der Waals surface area (Å²) >= 11 is 0. The van der Waals surface area contributed by atoms with Gasteiger partial charge in [-0.1, -0.05) is 237 Å². The molecule has 0 spiro atoms. The van der Waals surface area contributed by atoms with Gasteiger partial charge in [0, 0.05) is 12.8 Å². The first kappa shape index (κ1) is 67.0. The number of ether oxygens (including phenoxy) is 1. The highest BCUT2D eigenvalue weighted by molar-refractivity contribution is 7.45. The van der Waals surface area contributed by atoms with Crippen molar-refractivity contribution in [3.63, 3.8) is 0 Å². The Morgan fingerprint density at radius 3 is 1.39 bits per heavy atom. The van der Waals surface area contributed by atoms with Gasteiger partial charge in [0.05, 0.1) is 33.8 Å². The number of unbranched alkanes of at least 4 members (excludes halogenated alkanes) is 30. The molecule has 1 amide bonds. The molecule has 404 valence electrons. The van der Waals surface area contributed by atoms with Gasteiger partial charge in [0.15, 0.2) is 0 Å². The highest BCUT2D eigenvalue weighted by atomic mass is 31.2. The third-order valence-electron chi connectivity index (χ3n) is 12.8. The van der Waals surface area contributed by atoms with E-state index < -0.39 is 26.6 Å². The Bertz CT molecular complexity index is 1330. The first-order valence-corrected chi connectivity index (χ1v) is 30.4. The maximum Gasteiger partial charge on any atom is 0.306 e. The lowest BCUT2D eigenvalue weighted by atomic mass is 10.0. The zero-order valence-electron chi connectivity index (χ0n) is 46.0. The summed E-state index contributed by atoms with van der Waals surface area (Å²) in [6.07, 6.45) is 59.3. The summed E-state index contributed by atoms with van der Waals surface area (Å²) in [5, 5.41) is 3.02. The van der Waals surface area contributed by atoms with Crippen LogP contribution in [0.15, 0.2) is 48.6 Å². The maximum absolute atomic E-state index is 13.5. The summed E-state index contributed by atoms with van der Waals surface area (Å²) in [6.45, 7) is 6.73. The molecular weight excluding hydrogens is 880 g/mol. The monoisotopic (exact) mass is 991 g/mol. The lowest BCUT2D eigenvalue weighted by Gasteiger charge is -2.30. The fourth-order valence-corrected chi connectivity index (χ4v) is 9.02. The van der Waals surface area contributed by atoms with Gasteiger partial charge in [-0.2, -0.15) is 0 Å². The second-order valence-corrected chi connectivity index (χ2v) is 22.2. The molecule has 0 heterocycles. The molecule has 9 nitrogen and oxygen atoms in total. The highest BCUT2D eigenvalue weighted by Crippen LogP contribution is 2.38. The third-order valence-corrected chi connectivity index (χ3v) is 13.7. The minimum atomic E-state index is -4.70. The average Bonchev–Trinajstić information content (AvgIpc) is 3.31. The van der Waals surface area contributed by atoms with Crippen molar-refractivity contribution >= 4 is 19.7 Å². The van der Waals surface area contributed by atoms with E-state index in [1.54, 1.807) is 0 Å². The van der Waals surface area contributed by atoms with E-state index in [0.29, 0.717) is 23.9 Å². The molecule has 0 saturated carbocycles. The van der Waals surface area contributed by atoms with Crippen molar-refractivity contribution in [2.75, 3.05) is 40.9 Å². The number of nitrogens with zero attached hydrogens (tertiary/aromatic N) is 1. The number of carbonyl (C=O) groups excluding carboxylic acids is 2. The van der Waals surface area contributed by atoms with E-state index in [0.717, 1.165) is 83.5 Å². The van der Waals surface area contributed by atoms with Crippen LogP contribution in [0.5, 0.6) is 0 Å². The third kappa shape index (κ3) is 50.7. The Kier molecular flexibility index (Phi) is 48.1. The molecular formula is C59H111N2O7P. The molecule has 69 heavy (non-hydrogen) atoms. The van der Waals surface area contributed by atoms with Gasteiger partial charge in [0.2, 0.25) is 5.91 Å². The second kappa shape index (κ2) is 49.5. The van der Waals surface area contributed by atoms with Crippen LogP contribution < -0.4 is 10.2 Å². The van der Waals surface area contributed by atoms with Gasteiger partial charge >= 0.3 is 5.97 Å². The second-order valence-electron chi connectivity index (χ2n) is 20.8. The number of phosphoric acid groups is 1. The molecule has 0 radical (unpaired) electrons. The molecule has 0 aromatic heterocycles. The smallest absolute Gasteiger partial charge is 0.306 e. The number of quaternary nitrogens is 1. The van der Waals surface area contributed by atoms with Crippen LogP contribution in [-0.2, 0) is 27.9 Å². The first-order chi connectivity index (χ1) is 33.4. The fraction of sp³-hybridized carbons (Fsp3) is 0.831. The van der Waals surface area contributed by atoms with Crippen molar-refractivity contribution in [3.8, 4) is 0 Å². The molecule has 0 fully saturated rings. The van der Waals surface area contributed by atoms with E-state index in [1.807, 2.05) is 33.3 Å². The molecule has 0 aromatic carbocycles. The van der Waals surface area contributed by atoms with Crippen LogP contribution in [0.1, 0.15) is 265 Å². The number of nitrogens with one attached hydrogen (secondary N) is 1. The number of amides is 1. The average molecular weight is 992 g/mol. The van der Waals surface area contributed by atoms with Crippen molar-refractivity contribution in [1.29, 1.82) is 0 Å². The lowest BCUT2D eigenvalue weighted by Crippen LogP contribution is -2.47. The predicted molar refractivity (Wildman–Crippen MR) is 293 cm³/mol. The summed E-state index contributed by atoms with van der Waals surface area (Å²) in [5.74, 6) is -0.559. The normalized spacial score (nSPS) is 14.1. The van der Waals surface area contributed by atoms with E-state index in [4.69, 9.17) is 13.8 Å². The van der Waals surface area contributed by atoms with Crippen LogP contribution in [0.4, 0.5) is 0 Å². The van der Waals surface area contributed by atoms with Crippen LogP contribution in [-0.4, -0.2) is 69.4 Å². The van der Waals surface area contributed by atoms with Crippen LogP contribution in [0.3, 0.4) is 0 Å². The lowest BCUT2D eigenvalue weighted by molar-refractivity contribution is -0.870. The van der Waals surface area contributed by atoms with E-state index in [9.17, 15) is 19.0 Å². The van der Waals surface area contributed by atoms with E-state index in [1.165, 1.54) is 141 Å². The Labute approximate surface area is 427 Å². The number of likely N-dealkylation sites (N-methyl/N-ethyl adjacent to an activating group) is 1. The molecule has 0 aliphatic carbocycles. The quantitative estimate of drug-likeness (QED) is 0.0212. The first-order valence-electron chi connectivity index (χ1n) is 28.9.